The Kier molecular flexibility index (Phi) is 6.96. The van der Waals surface area contributed by atoms with Crippen molar-refractivity contribution in [2.24, 2.45) is 10.7 Å². The lowest BCUT2D eigenvalue weighted by Crippen LogP contribution is -2.22. The molecule has 0 unspecified atom stereocenters. The van der Waals surface area contributed by atoms with Crippen molar-refractivity contribution >= 4 is 11.6 Å². The number of guanidine groups is 1. The van der Waals surface area contributed by atoms with Gasteiger partial charge in [-0.2, -0.15) is 0 Å². The summed E-state index contributed by atoms with van der Waals surface area (Å²) in [7, 11) is 4.78. The van der Waals surface area contributed by atoms with Gasteiger partial charge in [-0.05, 0) is 36.8 Å². The molecule has 0 heterocycles. The number of methoxy groups -OCH3 is 3. The van der Waals surface area contributed by atoms with E-state index in [1.807, 2.05) is 31.2 Å². The van der Waals surface area contributed by atoms with Gasteiger partial charge in [-0.3, -0.25) is 0 Å². The van der Waals surface area contributed by atoms with Crippen molar-refractivity contribution in [1.29, 1.82) is 0 Å². The summed E-state index contributed by atoms with van der Waals surface area (Å²) in [5.74, 6) is 2.94. The Morgan fingerprint density at radius 2 is 1.58 bits per heavy atom. The number of nitrogens with two attached hydrogens (primary N) is 1. The largest absolute Gasteiger partial charge is 0.493 e. The molecule has 0 atom stereocenters. The van der Waals surface area contributed by atoms with E-state index >= 15 is 0 Å². The van der Waals surface area contributed by atoms with Crippen LogP contribution >= 0.6 is 0 Å². The third-order valence-corrected chi connectivity index (χ3v) is 3.62. The van der Waals surface area contributed by atoms with E-state index in [0.717, 1.165) is 11.3 Å². The first kappa shape index (κ1) is 19.2. The Morgan fingerprint density at radius 1 is 0.923 bits per heavy atom. The van der Waals surface area contributed by atoms with Crippen LogP contribution in [0.1, 0.15) is 12.5 Å². The van der Waals surface area contributed by atoms with E-state index in [0.29, 0.717) is 42.1 Å². The van der Waals surface area contributed by atoms with Crippen molar-refractivity contribution in [2.75, 3.05) is 33.3 Å². The molecule has 7 nitrogen and oxygen atoms in total. The Morgan fingerprint density at radius 3 is 2.23 bits per heavy atom. The van der Waals surface area contributed by atoms with Crippen LogP contribution in [0.2, 0.25) is 0 Å². The zero-order valence-electron chi connectivity index (χ0n) is 15.5. The second-order valence-corrected chi connectivity index (χ2v) is 5.31. The van der Waals surface area contributed by atoms with Crippen LogP contribution in [0.5, 0.6) is 23.0 Å². The van der Waals surface area contributed by atoms with Gasteiger partial charge in [0.05, 0.1) is 34.5 Å². The highest BCUT2D eigenvalue weighted by Crippen LogP contribution is 2.30. The second kappa shape index (κ2) is 9.41. The monoisotopic (exact) mass is 359 g/mol. The fourth-order valence-corrected chi connectivity index (χ4v) is 2.36. The molecule has 0 saturated carbocycles. The number of rotatable bonds is 8. The molecule has 26 heavy (non-hydrogen) atoms. The average Bonchev–Trinajstić information content (AvgIpc) is 2.67. The highest BCUT2D eigenvalue weighted by molar-refractivity contribution is 5.92. The Hall–Kier alpha value is -3.09. The van der Waals surface area contributed by atoms with Crippen LogP contribution in [-0.2, 0) is 6.54 Å². The Labute approximate surface area is 153 Å². The van der Waals surface area contributed by atoms with E-state index in [4.69, 9.17) is 24.7 Å². The standard InChI is InChI=1S/C19H25N3O4/c1-5-26-16-8-6-13(10-17(16)24-3)12-21-19(20)22-14-7-9-15(23-2)18(11-14)25-4/h6-11H,5,12H2,1-4H3,(H3,20,21,22). The molecule has 0 bridgehead atoms. The molecule has 2 aromatic carbocycles. The maximum absolute atomic E-state index is 5.97. The first-order valence-electron chi connectivity index (χ1n) is 8.20. The van der Waals surface area contributed by atoms with Crippen LogP contribution in [-0.4, -0.2) is 33.9 Å². The summed E-state index contributed by atoms with van der Waals surface area (Å²) in [6.45, 7) is 2.92. The molecular formula is C19H25N3O4. The van der Waals surface area contributed by atoms with E-state index in [9.17, 15) is 0 Å². The summed E-state index contributed by atoms with van der Waals surface area (Å²) < 4.78 is 21.3. The molecule has 0 aliphatic rings. The second-order valence-electron chi connectivity index (χ2n) is 5.31. The third-order valence-electron chi connectivity index (χ3n) is 3.62. The normalized spacial score (nSPS) is 11.0. The predicted molar refractivity (Wildman–Crippen MR) is 103 cm³/mol. The highest BCUT2D eigenvalue weighted by atomic mass is 16.5. The molecule has 2 rings (SSSR count). The lowest BCUT2D eigenvalue weighted by Gasteiger charge is -2.11. The Bertz CT molecular complexity index is 762. The molecule has 7 heteroatoms. The summed E-state index contributed by atoms with van der Waals surface area (Å²) in [5.41, 5.74) is 7.69. The molecule has 0 amide bonds. The fraction of sp³-hybridized carbons (Fsp3) is 0.316. The molecule has 2 aromatic rings. The number of anilines is 1. The van der Waals surface area contributed by atoms with Crippen LogP contribution in [0.25, 0.3) is 0 Å². The van der Waals surface area contributed by atoms with E-state index in [1.165, 1.54) is 0 Å². The van der Waals surface area contributed by atoms with E-state index < -0.39 is 0 Å². The smallest absolute Gasteiger partial charge is 0.193 e. The van der Waals surface area contributed by atoms with Gasteiger partial charge in [-0.1, -0.05) is 6.07 Å². The van der Waals surface area contributed by atoms with Crippen molar-refractivity contribution in [2.45, 2.75) is 13.5 Å². The molecule has 0 spiro atoms. The van der Waals surface area contributed by atoms with Gasteiger partial charge in [-0.25, -0.2) is 4.99 Å². The molecule has 0 fully saturated rings. The summed E-state index contributed by atoms with van der Waals surface area (Å²) in [6.07, 6.45) is 0. The minimum Gasteiger partial charge on any atom is -0.493 e. The van der Waals surface area contributed by atoms with Crippen molar-refractivity contribution in [3.8, 4) is 23.0 Å². The topological polar surface area (TPSA) is 87.3 Å². The van der Waals surface area contributed by atoms with E-state index in [1.54, 1.807) is 33.5 Å². The molecule has 0 aromatic heterocycles. The van der Waals surface area contributed by atoms with Crippen molar-refractivity contribution in [1.82, 2.24) is 0 Å². The maximum atomic E-state index is 5.97. The van der Waals surface area contributed by atoms with Crippen LogP contribution < -0.4 is 30.0 Å². The number of ether oxygens (including phenoxy) is 4. The summed E-state index contributed by atoms with van der Waals surface area (Å²) in [5, 5.41) is 3.03. The molecule has 0 aliphatic heterocycles. The van der Waals surface area contributed by atoms with Gasteiger partial charge in [-0.15, -0.1) is 0 Å². The van der Waals surface area contributed by atoms with Crippen molar-refractivity contribution in [3.63, 3.8) is 0 Å². The molecule has 3 N–H and O–H groups in total. The lowest BCUT2D eigenvalue weighted by molar-refractivity contribution is 0.310. The lowest BCUT2D eigenvalue weighted by atomic mass is 10.2. The quantitative estimate of drug-likeness (QED) is 0.556. The third kappa shape index (κ3) is 4.95. The number of benzene rings is 2. The number of aliphatic imine (C=N–C) groups is 1. The average molecular weight is 359 g/mol. The SMILES string of the molecule is CCOc1ccc(CN=C(N)Nc2ccc(OC)c(OC)c2)cc1OC. The first-order chi connectivity index (χ1) is 12.6. The number of hydrogen-bond acceptors (Lipinski definition) is 5. The van der Waals surface area contributed by atoms with Gasteiger partial charge in [0.1, 0.15) is 0 Å². The van der Waals surface area contributed by atoms with Gasteiger partial charge >= 0.3 is 0 Å². The zero-order valence-corrected chi connectivity index (χ0v) is 15.5. The van der Waals surface area contributed by atoms with Gasteiger partial charge in [0.15, 0.2) is 29.0 Å². The zero-order chi connectivity index (χ0) is 18.9. The van der Waals surface area contributed by atoms with E-state index in [-0.39, 0.29) is 0 Å². The van der Waals surface area contributed by atoms with Gasteiger partial charge < -0.3 is 30.0 Å². The van der Waals surface area contributed by atoms with Crippen LogP contribution in [0.4, 0.5) is 5.69 Å². The Balaban J connectivity index is 2.06. The van der Waals surface area contributed by atoms with E-state index in [2.05, 4.69) is 10.3 Å². The summed E-state index contributed by atoms with van der Waals surface area (Å²) in [6, 6.07) is 11.1. The number of hydrogen-bond donors (Lipinski definition) is 2. The summed E-state index contributed by atoms with van der Waals surface area (Å²) in [4.78, 5) is 4.35. The summed E-state index contributed by atoms with van der Waals surface area (Å²) >= 11 is 0. The molecule has 140 valence electrons. The molecule has 0 radical (unpaired) electrons. The number of nitrogens with one attached hydrogen (secondary N) is 1. The van der Waals surface area contributed by atoms with Gasteiger partial charge in [0, 0.05) is 11.8 Å². The molecule has 0 saturated heterocycles. The van der Waals surface area contributed by atoms with Crippen LogP contribution in [0, 0.1) is 0 Å². The van der Waals surface area contributed by atoms with Crippen LogP contribution in [0.3, 0.4) is 0 Å². The fourth-order valence-electron chi connectivity index (χ4n) is 2.36. The molecule has 0 aliphatic carbocycles. The molecular weight excluding hydrogens is 334 g/mol. The first-order valence-corrected chi connectivity index (χ1v) is 8.20. The minimum atomic E-state index is 0.296. The van der Waals surface area contributed by atoms with Crippen molar-refractivity contribution < 1.29 is 18.9 Å². The van der Waals surface area contributed by atoms with Crippen LogP contribution in [0.15, 0.2) is 41.4 Å². The number of nitrogens with zero attached hydrogens (tertiary/aromatic N) is 1. The van der Waals surface area contributed by atoms with Gasteiger partial charge in [0.25, 0.3) is 0 Å². The van der Waals surface area contributed by atoms with Gasteiger partial charge in [0.2, 0.25) is 0 Å². The highest BCUT2D eigenvalue weighted by Gasteiger charge is 2.07. The maximum Gasteiger partial charge on any atom is 0.193 e. The van der Waals surface area contributed by atoms with Crippen molar-refractivity contribution in [3.05, 3.63) is 42.0 Å². The predicted octanol–water partition coefficient (Wildman–Crippen LogP) is 3.04. The minimum absolute atomic E-state index is 0.296.